The Morgan fingerprint density at radius 1 is 1.36 bits per heavy atom. The van der Waals surface area contributed by atoms with E-state index in [1.807, 2.05) is 12.1 Å². The van der Waals surface area contributed by atoms with Crippen molar-refractivity contribution in [3.05, 3.63) is 35.5 Å². The van der Waals surface area contributed by atoms with E-state index in [0.29, 0.717) is 5.56 Å². The first-order valence-corrected chi connectivity index (χ1v) is 9.46. The van der Waals surface area contributed by atoms with Gasteiger partial charge in [0, 0.05) is 12.6 Å². The minimum atomic E-state index is -3.74. The lowest BCUT2D eigenvalue weighted by molar-refractivity contribution is 0.0686. The monoisotopic (exact) mass is 359 g/mol. The molecule has 0 radical (unpaired) electrons. The van der Waals surface area contributed by atoms with Crippen LogP contribution in [0.2, 0.25) is 0 Å². The van der Waals surface area contributed by atoms with Gasteiger partial charge in [-0.3, -0.25) is 0 Å². The van der Waals surface area contributed by atoms with Crippen molar-refractivity contribution < 1.29 is 18.3 Å². The number of sulfone groups is 1. The molecule has 0 atom stereocenters. The fourth-order valence-corrected chi connectivity index (χ4v) is 4.11. The highest BCUT2D eigenvalue weighted by Crippen LogP contribution is 2.47. The molecule has 25 heavy (non-hydrogen) atoms. The molecule has 0 spiro atoms. The first-order valence-electron chi connectivity index (χ1n) is 7.80. The van der Waals surface area contributed by atoms with Crippen LogP contribution < -0.4 is 0 Å². The Bertz CT molecular complexity index is 994. The number of aromatic carboxylic acids is 1. The number of aromatic nitrogens is 2. The Morgan fingerprint density at radius 3 is 2.40 bits per heavy atom. The number of benzene rings is 1. The van der Waals surface area contributed by atoms with Gasteiger partial charge in [-0.1, -0.05) is 31.2 Å². The largest absolute Gasteiger partial charge is 0.476 e. The van der Waals surface area contributed by atoms with Crippen molar-refractivity contribution in [3.63, 3.8) is 0 Å². The highest BCUT2D eigenvalue weighted by molar-refractivity contribution is 7.91. The Labute approximate surface area is 145 Å². The van der Waals surface area contributed by atoms with Gasteiger partial charge in [-0.25, -0.2) is 18.2 Å². The van der Waals surface area contributed by atoms with E-state index < -0.39 is 26.9 Å². The third kappa shape index (κ3) is 2.70. The molecule has 3 rings (SSSR count). The Morgan fingerprint density at radius 2 is 1.96 bits per heavy atom. The number of rotatable bonds is 5. The van der Waals surface area contributed by atoms with Crippen molar-refractivity contribution in [2.45, 2.75) is 30.2 Å². The number of carboxylic acid groups (broad SMARTS) is 1. The number of nitrogens with zero attached hydrogens (tertiary/aromatic N) is 3. The van der Waals surface area contributed by atoms with Crippen molar-refractivity contribution in [1.82, 2.24) is 9.55 Å². The van der Waals surface area contributed by atoms with Crippen molar-refractivity contribution in [3.8, 4) is 17.5 Å². The summed E-state index contributed by atoms with van der Waals surface area (Å²) in [6.07, 6.45) is 1.65. The lowest BCUT2D eigenvalue weighted by atomic mass is 9.96. The van der Waals surface area contributed by atoms with E-state index in [1.165, 1.54) is 18.5 Å². The fourth-order valence-electron chi connectivity index (χ4n) is 2.90. The maximum Gasteiger partial charge on any atom is 0.357 e. The number of imidazole rings is 1. The summed E-state index contributed by atoms with van der Waals surface area (Å²) in [5.41, 5.74) is 0.621. The standard InChI is InChI=1S/C17H17N3O4S/c1-3-25(23,24)15-13(16(21)22)19-14(20(15)2)11-4-6-12(7-5-11)17(10-18)8-9-17/h4-7H,3,8-9H2,1-2H3,(H,21,22). The lowest BCUT2D eigenvalue weighted by Crippen LogP contribution is -2.14. The van der Waals surface area contributed by atoms with Crippen LogP contribution in [0.1, 0.15) is 35.8 Å². The Kier molecular flexibility index (Phi) is 3.92. The van der Waals surface area contributed by atoms with Gasteiger partial charge in [0.25, 0.3) is 0 Å². The average Bonchev–Trinajstić information content (AvgIpc) is 3.31. The van der Waals surface area contributed by atoms with Crippen LogP contribution in [0.4, 0.5) is 0 Å². The smallest absolute Gasteiger partial charge is 0.357 e. The first kappa shape index (κ1) is 17.2. The van der Waals surface area contributed by atoms with Crippen LogP contribution in [-0.2, 0) is 22.3 Å². The maximum atomic E-state index is 12.3. The zero-order valence-corrected chi connectivity index (χ0v) is 14.7. The van der Waals surface area contributed by atoms with Gasteiger partial charge in [0.15, 0.2) is 20.6 Å². The second-order valence-electron chi connectivity index (χ2n) is 6.13. The van der Waals surface area contributed by atoms with Gasteiger partial charge in [-0.15, -0.1) is 0 Å². The third-order valence-electron chi connectivity index (χ3n) is 4.58. The average molecular weight is 359 g/mol. The summed E-state index contributed by atoms with van der Waals surface area (Å²) < 4.78 is 25.8. The van der Waals surface area contributed by atoms with E-state index in [-0.39, 0.29) is 16.6 Å². The van der Waals surface area contributed by atoms with Gasteiger partial charge in [0.2, 0.25) is 0 Å². The van der Waals surface area contributed by atoms with Crippen LogP contribution in [0.3, 0.4) is 0 Å². The van der Waals surface area contributed by atoms with Crippen LogP contribution >= 0.6 is 0 Å². The molecule has 0 bridgehead atoms. The topological polar surface area (TPSA) is 113 Å². The summed E-state index contributed by atoms with van der Waals surface area (Å²) >= 11 is 0. The fraction of sp³-hybridized carbons (Fsp3) is 0.353. The van der Waals surface area contributed by atoms with E-state index in [0.717, 1.165) is 18.4 Å². The Hall–Kier alpha value is -2.66. The molecule has 0 aliphatic heterocycles. The van der Waals surface area contributed by atoms with Crippen molar-refractivity contribution in [2.75, 3.05) is 5.75 Å². The van der Waals surface area contributed by atoms with Crippen molar-refractivity contribution >= 4 is 15.8 Å². The van der Waals surface area contributed by atoms with Crippen LogP contribution in [0.5, 0.6) is 0 Å². The van der Waals surface area contributed by atoms with E-state index in [4.69, 9.17) is 0 Å². The molecular formula is C17H17N3O4S. The number of carboxylic acids is 1. The molecule has 1 saturated carbocycles. The first-order chi connectivity index (χ1) is 11.8. The third-order valence-corrected chi connectivity index (χ3v) is 6.40. The molecule has 1 heterocycles. The van der Waals surface area contributed by atoms with E-state index in [1.54, 1.807) is 12.1 Å². The van der Waals surface area contributed by atoms with E-state index in [2.05, 4.69) is 11.1 Å². The SMILES string of the molecule is CCS(=O)(=O)c1c(C(=O)O)nc(-c2ccc(C3(C#N)CC3)cc2)n1C. The molecule has 1 aromatic carbocycles. The highest BCUT2D eigenvalue weighted by atomic mass is 32.2. The van der Waals surface area contributed by atoms with E-state index >= 15 is 0 Å². The maximum absolute atomic E-state index is 12.3. The van der Waals surface area contributed by atoms with Gasteiger partial charge in [-0.2, -0.15) is 5.26 Å². The van der Waals surface area contributed by atoms with Gasteiger partial charge in [0.05, 0.1) is 17.2 Å². The zero-order valence-electron chi connectivity index (χ0n) is 13.9. The molecule has 1 N–H and O–H groups in total. The second kappa shape index (κ2) is 5.70. The van der Waals surface area contributed by atoms with Crippen molar-refractivity contribution in [2.24, 2.45) is 7.05 Å². The lowest BCUT2D eigenvalue weighted by Gasteiger charge is -2.09. The van der Waals surface area contributed by atoms with Gasteiger partial charge in [-0.05, 0) is 18.4 Å². The second-order valence-corrected chi connectivity index (χ2v) is 8.32. The molecule has 8 heteroatoms. The van der Waals surface area contributed by atoms with Crippen LogP contribution in [0.25, 0.3) is 11.4 Å². The number of hydrogen-bond donors (Lipinski definition) is 1. The van der Waals surface area contributed by atoms with Crippen LogP contribution in [-0.4, -0.2) is 34.8 Å². The van der Waals surface area contributed by atoms with Crippen LogP contribution in [0, 0.1) is 11.3 Å². The van der Waals surface area contributed by atoms with E-state index in [9.17, 15) is 23.6 Å². The van der Waals surface area contributed by atoms with Crippen molar-refractivity contribution in [1.29, 1.82) is 5.26 Å². The van der Waals surface area contributed by atoms with Gasteiger partial charge in [0.1, 0.15) is 5.82 Å². The molecule has 130 valence electrons. The Balaban J connectivity index is 2.11. The van der Waals surface area contributed by atoms with Gasteiger partial charge >= 0.3 is 5.97 Å². The summed E-state index contributed by atoms with van der Waals surface area (Å²) in [4.78, 5) is 15.5. The molecular weight excluding hydrogens is 342 g/mol. The number of hydrogen-bond acceptors (Lipinski definition) is 5. The predicted octanol–water partition coefficient (Wildman–Crippen LogP) is 2.13. The predicted molar refractivity (Wildman–Crippen MR) is 89.9 cm³/mol. The quantitative estimate of drug-likeness (QED) is 0.875. The highest BCUT2D eigenvalue weighted by Gasteiger charge is 2.44. The minimum Gasteiger partial charge on any atom is -0.476 e. The van der Waals surface area contributed by atoms with Crippen LogP contribution in [0.15, 0.2) is 29.3 Å². The number of nitriles is 1. The zero-order chi connectivity index (χ0) is 18.4. The van der Waals surface area contributed by atoms with Gasteiger partial charge < -0.3 is 9.67 Å². The molecule has 0 unspecified atom stereocenters. The molecule has 7 nitrogen and oxygen atoms in total. The molecule has 2 aromatic rings. The molecule has 0 saturated heterocycles. The summed E-state index contributed by atoms with van der Waals surface area (Å²) in [6, 6.07) is 9.42. The minimum absolute atomic E-state index is 0.212. The summed E-state index contributed by atoms with van der Waals surface area (Å²) in [5.74, 6) is -1.33. The molecule has 1 aliphatic carbocycles. The summed E-state index contributed by atoms with van der Waals surface area (Å²) in [7, 11) is -2.25. The molecule has 1 fully saturated rings. The molecule has 1 aliphatic rings. The summed E-state index contributed by atoms with van der Waals surface area (Å²) in [6.45, 7) is 1.46. The summed E-state index contributed by atoms with van der Waals surface area (Å²) in [5, 5.41) is 18.3. The normalized spacial score (nSPS) is 15.6. The molecule has 0 amide bonds. The molecule has 1 aromatic heterocycles. The number of carbonyl (C=O) groups is 1.